The number of rotatable bonds is 27. The summed E-state index contributed by atoms with van der Waals surface area (Å²) in [6.45, 7) is 4.56. The number of H-pyrrole nitrogens is 1. The molecule has 4 rings (SSSR count). The van der Waals surface area contributed by atoms with E-state index in [1.807, 2.05) is 60.7 Å². The van der Waals surface area contributed by atoms with Gasteiger partial charge >= 0.3 is 14.3 Å². The van der Waals surface area contributed by atoms with Crippen LogP contribution in [0.3, 0.4) is 0 Å². The number of ether oxygens (including phenoxy) is 3. The van der Waals surface area contributed by atoms with Crippen molar-refractivity contribution in [1.82, 2.24) is 9.55 Å². The number of aromatic nitrogens is 2. The average molecular weight is 725 g/mol. The standard InChI is InChI=1S/C40H57N2O8P/c1-2-3-4-5-6-7-8-9-10-11-12-19-28-45-31-37(46-29-34-20-15-13-16-21-34)33-49-51(47-30-35-22-17-14-18-23-35)48-32-36-24-25-39(50-36)42-27-26-38(43)41-40(42)44/h7-8,13-18,20-23,26-27,36-37,39H,2-6,9-12,19,24-25,28-33H2,1H3,(H,41,43,44)/b8-7+. The summed E-state index contributed by atoms with van der Waals surface area (Å²) in [5.74, 6) is 0. The molecule has 0 aliphatic carbocycles. The number of nitrogens with zero attached hydrogens (tertiary/aromatic N) is 1. The van der Waals surface area contributed by atoms with Crippen molar-refractivity contribution in [2.75, 3.05) is 26.4 Å². The number of aromatic amines is 1. The molecular formula is C40H57N2O8P. The number of allylic oxidation sites excluding steroid dienone is 2. The fraction of sp³-hybridized carbons (Fsp3) is 0.550. The van der Waals surface area contributed by atoms with Crippen molar-refractivity contribution < 1.29 is 27.8 Å². The summed E-state index contributed by atoms with van der Waals surface area (Å²) in [7, 11) is -1.75. The first kappa shape index (κ1) is 40.8. The number of benzene rings is 2. The smallest absolute Gasteiger partial charge is 0.333 e. The Labute approximate surface area is 304 Å². The van der Waals surface area contributed by atoms with E-state index in [-0.39, 0.29) is 25.4 Å². The average Bonchev–Trinajstić information content (AvgIpc) is 3.62. The molecule has 1 aliphatic heterocycles. The quantitative estimate of drug-likeness (QED) is 0.0472. The fourth-order valence-corrected chi connectivity index (χ4v) is 6.72. The van der Waals surface area contributed by atoms with E-state index in [1.54, 1.807) is 0 Å². The van der Waals surface area contributed by atoms with E-state index in [0.717, 1.165) is 30.4 Å². The highest BCUT2D eigenvalue weighted by Gasteiger charge is 2.29. The second kappa shape index (κ2) is 25.1. The maximum atomic E-state index is 12.3. The van der Waals surface area contributed by atoms with Crippen LogP contribution in [0.15, 0.2) is 94.7 Å². The molecule has 1 fully saturated rings. The zero-order valence-corrected chi connectivity index (χ0v) is 31.1. The molecule has 10 nitrogen and oxygen atoms in total. The summed E-state index contributed by atoms with van der Waals surface area (Å²) in [5, 5.41) is 0. The topological polar surface area (TPSA) is 110 Å². The van der Waals surface area contributed by atoms with Gasteiger partial charge in [-0.15, -0.1) is 0 Å². The second-order valence-electron chi connectivity index (χ2n) is 12.9. The number of hydrogen-bond donors (Lipinski definition) is 1. The Hall–Kier alpha value is -2.95. The Morgan fingerprint density at radius 1 is 0.804 bits per heavy atom. The lowest BCUT2D eigenvalue weighted by Gasteiger charge is -2.23. The van der Waals surface area contributed by atoms with Crippen LogP contribution < -0.4 is 11.2 Å². The lowest BCUT2D eigenvalue weighted by molar-refractivity contribution is -0.0524. The molecule has 51 heavy (non-hydrogen) atoms. The summed E-state index contributed by atoms with van der Waals surface area (Å²) >= 11 is 0. The normalized spacial score (nSPS) is 17.3. The van der Waals surface area contributed by atoms with E-state index < -0.39 is 26.1 Å². The van der Waals surface area contributed by atoms with Crippen LogP contribution in [0.25, 0.3) is 0 Å². The lowest BCUT2D eigenvalue weighted by Crippen LogP contribution is -2.31. The Morgan fingerprint density at radius 2 is 1.49 bits per heavy atom. The first-order valence-electron chi connectivity index (χ1n) is 18.7. The molecule has 0 radical (unpaired) electrons. The van der Waals surface area contributed by atoms with Crippen LogP contribution in [0.4, 0.5) is 0 Å². The molecule has 280 valence electrons. The summed E-state index contributed by atoms with van der Waals surface area (Å²) in [6, 6.07) is 21.2. The summed E-state index contributed by atoms with van der Waals surface area (Å²) < 4.78 is 38.4. The molecule has 11 heteroatoms. The molecule has 0 spiro atoms. The second-order valence-corrected chi connectivity index (χ2v) is 14.1. The van der Waals surface area contributed by atoms with Crippen LogP contribution >= 0.6 is 8.60 Å². The van der Waals surface area contributed by atoms with Gasteiger partial charge in [0.2, 0.25) is 0 Å². The molecule has 1 N–H and O–H groups in total. The maximum absolute atomic E-state index is 12.3. The third kappa shape index (κ3) is 17.0. The van der Waals surface area contributed by atoms with E-state index in [4.69, 9.17) is 27.8 Å². The monoisotopic (exact) mass is 724 g/mol. The van der Waals surface area contributed by atoms with E-state index in [9.17, 15) is 9.59 Å². The first-order chi connectivity index (χ1) is 25.1. The molecule has 1 aliphatic rings. The van der Waals surface area contributed by atoms with Crippen molar-refractivity contribution in [3.63, 3.8) is 0 Å². The van der Waals surface area contributed by atoms with Crippen LogP contribution in [-0.4, -0.2) is 48.2 Å². The predicted octanol–water partition coefficient (Wildman–Crippen LogP) is 8.77. The van der Waals surface area contributed by atoms with E-state index in [0.29, 0.717) is 39.3 Å². The first-order valence-corrected chi connectivity index (χ1v) is 19.8. The Kier molecular flexibility index (Phi) is 20.1. The van der Waals surface area contributed by atoms with Crippen molar-refractivity contribution in [3.05, 3.63) is 117 Å². The van der Waals surface area contributed by atoms with Gasteiger partial charge in [0, 0.05) is 18.9 Å². The summed E-state index contributed by atoms with van der Waals surface area (Å²) in [6.07, 6.45) is 18.6. The maximum Gasteiger partial charge on any atom is 0.333 e. The minimum absolute atomic E-state index is 0.232. The van der Waals surface area contributed by atoms with Crippen LogP contribution in [0.2, 0.25) is 0 Å². The largest absolute Gasteiger partial charge is 0.379 e. The lowest BCUT2D eigenvalue weighted by atomic mass is 10.1. The van der Waals surface area contributed by atoms with Gasteiger partial charge in [0.15, 0.2) is 0 Å². The van der Waals surface area contributed by atoms with E-state index in [1.165, 1.54) is 61.8 Å². The highest BCUT2D eigenvalue weighted by molar-refractivity contribution is 7.41. The van der Waals surface area contributed by atoms with Crippen molar-refractivity contribution >= 4 is 8.60 Å². The van der Waals surface area contributed by atoms with Crippen molar-refractivity contribution in [3.8, 4) is 0 Å². The van der Waals surface area contributed by atoms with Crippen molar-refractivity contribution in [2.45, 2.75) is 116 Å². The van der Waals surface area contributed by atoms with Gasteiger partial charge < -0.3 is 27.8 Å². The fourth-order valence-electron chi connectivity index (χ4n) is 5.66. The van der Waals surface area contributed by atoms with Crippen molar-refractivity contribution in [2.24, 2.45) is 0 Å². The third-order valence-corrected chi connectivity index (χ3v) is 9.65. The predicted molar refractivity (Wildman–Crippen MR) is 201 cm³/mol. The van der Waals surface area contributed by atoms with E-state index >= 15 is 0 Å². The minimum atomic E-state index is -1.75. The van der Waals surface area contributed by atoms with Gasteiger partial charge in [0.05, 0.1) is 39.1 Å². The summed E-state index contributed by atoms with van der Waals surface area (Å²) in [5.41, 5.74) is 1.15. The molecule has 0 saturated carbocycles. The van der Waals surface area contributed by atoms with Crippen LogP contribution in [0, 0.1) is 0 Å². The Morgan fingerprint density at radius 3 is 2.20 bits per heavy atom. The third-order valence-electron chi connectivity index (χ3n) is 8.59. The molecular weight excluding hydrogens is 667 g/mol. The minimum Gasteiger partial charge on any atom is -0.379 e. The van der Waals surface area contributed by atoms with Gasteiger partial charge in [0.25, 0.3) is 5.56 Å². The zero-order valence-electron chi connectivity index (χ0n) is 30.2. The van der Waals surface area contributed by atoms with Crippen LogP contribution in [0.5, 0.6) is 0 Å². The molecule has 0 amide bonds. The molecule has 3 aromatic rings. The van der Waals surface area contributed by atoms with Gasteiger partial charge in [-0.05, 0) is 56.1 Å². The van der Waals surface area contributed by atoms with Gasteiger partial charge in [-0.3, -0.25) is 14.3 Å². The van der Waals surface area contributed by atoms with E-state index in [2.05, 4.69) is 24.1 Å². The molecule has 0 bridgehead atoms. The highest BCUT2D eigenvalue weighted by atomic mass is 31.2. The molecule has 1 aromatic heterocycles. The van der Waals surface area contributed by atoms with Gasteiger partial charge in [-0.25, -0.2) is 4.79 Å². The SMILES string of the molecule is CCCCCC/C=C/CCCCCCOCC(COP(OCc1ccccc1)OCC1CCC(n2ccc(=O)[nH]c2=O)O1)OCc1ccccc1. The molecule has 2 aromatic carbocycles. The van der Waals surface area contributed by atoms with Crippen molar-refractivity contribution in [1.29, 1.82) is 0 Å². The number of nitrogens with one attached hydrogen (secondary N) is 1. The van der Waals surface area contributed by atoms with Gasteiger partial charge in [-0.1, -0.05) is 112 Å². The summed E-state index contributed by atoms with van der Waals surface area (Å²) in [4.78, 5) is 26.0. The van der Waals surface area contributed by atoms with Crippen LogP contribution in [0.1, 0.15) is 101 Å². The van der Waals surface area contributed by atoms with Gasteiger partial charge in [-0.2, -0.15) is 0 Å². The molecule has 4 unspecified atom stereocenters. The zero-order chi connectivity index (χ0) is 35.8. The van der Waals surface area contributed by atoms with Gasteiger partial charge in [0.1, 0.15) is 12.3 Å². The highest BCUT2D eigenvalue weighted by Crippen LogP contribution is 2.42. The molecule has 2 heterocycles. The van der Waals surface area contributed by atoms with Crippen LogP contribution in [-0.2, 0) is 41.0 Å². The Bertz CT molecular complexity index is 1470. The molecule has 4 atom stereocenters. The molecule has 1 saturated heterocycles. The Balaban J connectivity index is 1.23. The number of unbranched alkanes of at least 4 members (excludes halogenated alkanes) is 8. The number of hydrogen-bond acceptors (Lipinski definition) is 8.